The van der Waals surface area contributed by atoms with Gasteiger partial charge in [-0.3, -0.25) is 9.78 Å². The molecule has 1 atom stereocenters. The molecule has 0 spiro atoms. The lowest BCUT2D eigenvalue weighted by Crippen LogP contribution is -2.39. The molecule has 1 rings (SSSR count). The van der Waals surface area contributed by atoms with E-state index >= 15 is 0 Å². The molecule has 0 radical (unpaired) electrons. The molecule has 0 aliphatic heterocycles. The molecule has 1 amide bonds. The predicted octanol–water partition coefficient (Wildman–Crippen LogP) is 0.654. The molecule has 0 bridgehead atoms. The van der Waals surface area contributed by atoms with E-state index in [1.54, 1.807) is 20.8 Å². The summed E-state index contributed by atoms with van der Waals surface area (Å²) < 4.78 is 4.80. The smallest absolute Gasteiger partial charge is 0.328 e. The Balaban J connectivity index is 2.76. The largest absolute Gasteiger partial charge is 0.464 e. The van der Waals surface area contributed by atoms with Gasteiger partial charge in [0.05, 0.1) is 29.7 Å². The van der Waals surface area contributed by atoms with Gasteiger partial charge in [-0.05, 0) is 26.8 Å². The molecule has 6 heteroatoms. The van der Waals surface area contributed by atoms with Crippen LogP contribution in [-0.2, 0) is 9.53 Å². The molecule has 0 saturated carbocycles. The van der Waals surface area contributed by atoms with Gasteiger partial charge in [-0.2, -0.15) is 0 Å². The predicted molar refractivity (Wildman–Crippen MR) is 66.9 cm³/mol. The SMILES string of the molecule is CCOC(=O)C(C)NC(=O)c1cc(N)cnc1C. The molecular formula is C12H17N3O3. The van der Waals surface area contributed by atoms with E-state index in [2.05, 4.69) is 10.3 Å². The average Bonchev–Trinajstić information content (AvgIpc) is 2.32. The van der Waals surface area contributed by atoms with Crippen LogP contribution in [0.15, 0.2) is 12.3 Å². The number of nitrogens with two attached hydrogens (primary N) is 1. The fourth-order valence-corrected chi connectivity index (χ4v) is 1.38. The van der Waals surface area contributed by atoms with Gasteiger partial charge in [-0.25, -0.2) is 4.79 Å². The number of ether oxygens (including phenoxy) is 1. The molecule has 6 nitrogen and oxygen atoms in total. The Labute approximate surface area is 106 Å². The fourth-order valence-electron chi connectivity index (χ4n) is 1.38. The Kier molecular flexibility index (Phi) is 4.65. The second-order valence-corrected chi connectivity index (χ2v) is 3.85. The standard InChI is InChI=1S/C12H17N3O3/c1-4-18-12(17)8(3)15-11(16)10-5-9(13)6-14-7(10)2/h5-6,8H,4,13H2,1-3H3,(H,15,16). The highest BCUT2D eigenvalue weighted by Gasteiger charge is 2.19. The van der Waals surface area contributed by atoms with E-state index in [1.165, 1.54) is 12.3 Å². The Morgan fingerprint density at radius 1 is 1.56 bits per heavy atom. The third-order valence-corrected chi connectivity index (χ3v) is 2.34. The average molecular weight is 251 g/mol. The summed E-state index contributed by atoms with van der Waals surface area (Å²) in [4.78, 5) is 27.3. The number of aromatic nitrogens is 1. The number of nitrogens with zero attached hydrogens (tertiary/aromatic N) is 1. The maximum atomic E-state index is 11.9. The molecule has 18 heavy (non-hydrogen) atoms. The number of esters is 1. The van der Waals surface area contributed by atoms with Crippen LogP contribution in [-0.4, -0.2) is 29.5 Å². The van der Waals surface area contributed by atoms with Crippen molar-refractivity contribution >= 4 is 17.6 Å². The fraction of sp³-hybridized carbons (Fsp3) is 0.417. The highest BCUT2D eigenvalue weighted by atomic mass is 16.5. The maximum absolute atomic E-state index is 11.9. The van der Waals surface area contributed by atoms with Crippen LogP contribution in [0, 0.1) is 6.92 Å². The highest BCUT2D eigenvalue weighted by Crippen LogP contribution is 2.09. The zero-order chi connectivity index (χ0) is 13.7. The topological polar surface area (TPSA) is 94.3 Å². The number of carbonyl (C=O) groups excluding carboxylic acids is 2. The molecule has 1 aromatic rings. The first-order chi connectivity index (χ1) is 8.45. The first kappa shape index (κ1) is 14.0. The van der Waals surface area contributed by atoms with Crippen molar-refractivity contribution in [1.29, 1.82) is 0 Å². The number of hydrogen-bond acceptors (Lipinski definition) is 5. The summed E-state index contributed by atoms with van der Waals surface area (Å²) in [5.74, 6) is -0.867. The van der Waals surface area contributed by atoms with Gasteiger partial charge in [0.25, 0.3) is 5.91 Å². The van der Waals surface area contributed by atoms with Crippen LogP contribution in [0.2, 0.25) is 0 Å². The molecule has 0 aliphatic carbocycles. The lowest BCUT2D eigenvalue weighted by atomic mass is 10.1. The van der Waals surface area contributed by atoms with Crippen molar-refractivity contribution in [3.05, 3.63) is 23.5 Å². The molecule has 1 heterocycles. The quantitative estimate of drug-likeness (QED) is 0.766. The third-order valence-electron chi connectivity index (χ3n) is 2.34. The Bertz CT molecular complexity index is 460. The van der Waals surface area contributed by atoms with Gasteiger partial charge in [0.2, 0.25) is 0 Å². The highest BCUT2D eigenvalue weighted by molar-refractivity contribution is 5.98. The van der Waals surface area contributed by atoms with E-state index in [4.69, 9.17) is 10.5 Å². The minimum Gasteiger partial charge on any atom is -0.464 e. The Hall–Kier alpha value is -2.11. The van der Waals surface area contributed by atoms with E-state index in [0.717, 1.165) is 0 Å². The number of pyridine rings is 1. The molecule has 0 saturated heterocycles. The van der Waals surface area contributed by atoms with E-state index in [-0.39, 0.29) is 6.61 Å². The second kappa shape index (κ2) is 6.00. The molecule has 98 valence electrons. The van der Waals surface area contributed by atoms with Crippen LogP contribution in [0.1, 0.15) is 29.9 Å². The zero-order valence-electron chi connectivity index (χ0n) is 10.7. The van der Waals surface area contributed by atoms with E-state index in [9.17, 15) is 9.59 Å². The molecule has 3 N–H and O–H groups in total. The number of rotatable bonds is 4. The van der Waals surface area contributed by atoms with E-state index < -0.39 is 17.9 Å². The Morgan fingerprint density at radius 2 is 2.22 bits per heavy atom. The van der Waals surface area contributed by atoms with Gasteiger partial charge in [-0.15, -0.1) is 0 Å². The van der Waals surface area contributed by atoms with Gasteiger partial charge in [0.15, 0.2) is 0 Å². The minimum atomic E-state index is -0.710. The van der Waals surface area contributed by atoms with Crippen molar-refractivity contribution in [2.45, 2.75) is 26.8 Å². The monoisotopic (exact) mass is 251 g/mol. The summed E-state index contributed by atoms with van der Waals surface area (Å²) in [5, 5.41) is 2.54. The van der Waals surface area contributed by atoms with Crippen LogP contribution in [0.5, 0.6) is 0 Å². The second-order valence-electron chi connectivity index (χ2n) is 3.85. The van der Waals surface area contributed by atoms with Crippen molar-refractivity contribution < 1.29 is 14.3 Å². The first-order valence-corrected chi connectivity index (χ1v) is 5.65. The summed E-state index contributed by atoms with van der Waals surface area (Å²) >= 11 is 0. The summed E-state index contributed by atoms with van der Waals surface area (Å²) in [5.41, 5.74) is 6.87. The molecule has 1 aromatic heterocycles. The molecular weight excluding hydrogens is 234 g/mol. The number of carbonyl (C=O) groups is 2. The summed E-state index contributed by atoms with van der Waals surface area (Å²) in [6.07, 6.45) is 1.47. The number of aryl methyl sites for hydroxylation is 1. The number of nitrogens with one attached hydrogen (secondary N) is 1. The van der Waals surface area contributed by atoms with Crippen LogP contribution in [0.25, 0.3) is 0 Å². The summed E-state index contributed by atoms with van der Waals surface area (Å²) in [6, 6.07) is 0.813. The van der Waals surface area contributed by atoms with Gasteiger partial charge in [0, 0.05) is 0 Å². The lowest BCUT2D eigenvalue weighted by molar-refractivity contribution is -0.144. The normalized spacial score (nSPS) is 11.7. The maximum Gasteiger partial charge on any atom is 0.328 e. The van der Waals surface area contributed by atoms with Crippen molar-refractivity contribution in [3.63, 3.8) is 0 Å². The van der Waals surface area contributed by atoms with E-state index in [1.807, 2.05) is 0 Å². The van der Waals surface area contributed by atoms with Crippen molar-refractivity contribution in [2.24, 2.45) is 0 Å². The molecule has 0 aliphatic rings. The third kappa shape index (κ3) is 3.44. The van der Waals surface area contributed by atoms with Crippen molar-refractivity contribution in [2.75, 3.05) is 12.3 Å². The van der Waals surface area contributed by atoms with Gasteiger partial charge < -0.3 is 15.8 Å². The lowest BCUT2D eigenvalue weighted by Gasteiger charge is -2.13. The summed E-state index contributed by atoms with van der Waals surface area (Å²) in [7, 11) is 0. The van der Waals surface area contributed by atoms with Gasteiger partial charge in [-0.1, -0.05) is 0 Å². The number of nitrogen functional groups attached to an aromatic ring is 1. The number of amides is 1. The number of anilines is 1. The van der Waals surface area contributed by atoms with Crippen LogP contribution in [0.3, 0.4) is 0 Å². The Morgan fingerprint density at radius 3 is 2.83 bits per heavy atom. The summed E-state index contributed by atoms with van der Waals surface area (Å²) in [6.45, 7) is 5.24. The van der Waals surface area contributed by atoms with Crippen LogP contribution >= 0.6 is 0 Å². The van der Waals surface area contributed by atoms with E-state index in [0.29, 0.717) is 16.9 Å². The van der Waals surface area contributed by atoms with Crippen LogP contribution < -0.4 is 11.1 Å². The van der Waals surface area contributed by atoms with Crippen molar-refractivity contribution in [3.8, 4) is 0 Å². The molecule has 0 aromatic carbocycles. The minimum absolute atomic E-state index is 0.276. The van der Waals surface area contributed by atoms with Crippen molar-refractivity contribution in [1.82, 2.24) is 10.3 Å². The van der Waals surface area contributed by atoms with Gasteiger partial charge in [0.1, 0.15) is 6.04 Å². The number of hydrogen-bond donors (Lipinski definition) is 2. The zero-order valence-corrected chi connectivity index (χ0v) is 10.7. The molecule has 0 fully saturated rings. The first-order valence-electron chi connectivity index (χ1n) is 5.65. The van der Waals surface area contributed by atoms with Gasteiger partial charge >= 0.3 is 5.97 Å². The van der Waals surface area contributed by atoms with Crippen LogP contribution in [0.4, 0.5) is 5.69 Å². The molecule has 1 unspecified atom stereocenters.